The fourth-order valence-electron chi connectivity index (χ4n) is 2.63. The zero-order valence-corrected chi connectivity index (χ0v) is 9.61. The second-order valence-corrected chi connectivity index (χ2v) is 4.67. The maximum absolute atomic E-state index is 4.73. The van der Waals surface area contributed by atoms with E-state index in [0.717, 1.165) is 29.8 Å². The van der Waals surface area contributed by atoms with Crippen LogP contribution in [0, 0.1) is 5.92 Å². The first-order valence-corrected chi connectivity index (χ1v) is 6.11. The summed E-state index contributed by atoms with van der Waals surface area (Å²) in [5.74, 6) is 0.775. The van der Waals surface area contributed by atoms with Gasteiger partial charge >= 0.3 is 0 Å². The van der Waals surface area contributed by atoms with Crippen LogP contribution in [0.15, 0.2) is 24.3 Å². The highest BCUT2D eigenvalue weighted by atomic mass is 14.8. The van der Waals surface area contributed by atoms with Gasteiger partial charge in [-0.05, 0) is 37.3 Å². The SMILES string of the molecule is CCCC1Cc2nc3ccccc3nc2C1. The Labute approximate surface area is 95.7 Å². The molecule has 2 aromatic rings. The minimum atomic E-state index is 0.775. The van der Waals surface area contributed by atoms with Crippen LogP contribution in [0.25, 0.3) is 11.0 Å². The molecule has 0 N–H and O–H groups in total. The molecule has 2 nitrogen and oxygen atoms in total. The molecular formula is C14H16N2. The zero-order chi connectivity index (χ0) is 11.0. The van der Waals surface area contributed by atoms with Gasteiger partial charge in [0, 0.05) is 0 Å². The highest BCUT2D eigenvalue weighted by molar-refractivity contribution is 5.74. The molecule has 1 aromatic carbocycles. The van der Waals surface area contributed by atoms with E-state index in [1.807, 2.05) is 12.1 Å². The topological polar surface area (TPSA) is 25.8 Å². The molecule has 0 aliphatic heterocycles. The lowest BCUT2D eigenvalue weighted by Crippen LogP contribution is -1.98. The van der Waals surface area contributed by atoms with Crippen LogP contribution < -0.4 is 0 Å². The third-order valence-electron chi connectivity index (χ3n) is 3.39. The highest BCUT2D eigenvalue weighted by Gasteiger charge is 2.23. The fraction of sp³-hybridized carbons (Fsp3) is 0.429. The fourth-order valence-corrected chi connectivity index (χ4v) is 2.63. The normalized spacial score (nSPS) is 15.6. The quantitative estimate of drug-likeness (QED) is 0.764. The van der Waals surface area contributed by atoms with E-state index in [-0.39, 0.29) is 0 Å². The predicted molar refractivity (Wildman–Crippen MR) is 65.3 cm³/mol. The number of hydrogen-bond acceptors (Lipinski definition) is 2. The van der Waals surface area contributed by atoms with Crippen molar-refractivity contribution >= 4 is 11.0 Å². The van der Waals surface area contributed by atoms with E-state index in [1.54, 1.807) is 0 Å². The maximum Gasteiger partial charge on any atom is 0.0890 e. The molecule has 16 heavy (non-hydrogen) atoms. The van der Waals surface area contributed by atoms with Crippen LogP contribution >= 0.6 is 0 Å². The van der Waals surface area contributed by atoms with Crippen molar-refractivity contribution in [1.29, 1.82) is 0 Å². The number of rotatable bonds is 2. The summed E-state index contributed by atoms with van der Waals surface area (Å²) in [6, 6.07) is 8.16. The molecule has 0 amide bonds. The number of para-hydroxylation sites is 2. The Morgan fingerprint density at radius 1 is 1.06 bits per heavy atom. The van der Waals surface area contributed by atoms with Crippen molar-refractivity contribution < 1.29 is 0 Å². The number of aromatic nitrogens is 2. The molecule has 0 saturated heterocycles. The van der Waals surface area contributed by atoms with Crippen molar-refractivity contribution in [1.82, 2.24) is 9.97 Å². The van der Waals surface area contributed by atoms with Crippen molar-refractivity contribution in [2.45, 2.75) is 32.6 Å². The van der Waals surface area contributed by atoms with Gasteiger partial charge in [-0.2, -0.15) is 0 Å². The second kappa shape index (κ2) is 3.85. The average Bonchev–Trinajstić information content (AvgIpc) is 2.67. The van der Waals surface area contributed by atoms with Crippen LogP contribution in [0.1, 0.15) is 31.2 Å². The maximum atomic E-state index is 4.73. The van der Waals surface area contributed by atoms with Crippen LogP contribution in [-0.2, 0) is 12.8 Å². The lowest BCUT2D eigenvalue weighted by Gasteiger charge is -2.03. The van der Waals surface area contributed by atoms with Gasteiger partial charge in [-0.3, -0.25) is 0 Å². The number of nitrogens with zero attached hydrogens (tertiary/aromatic N) is 2. The molecular weight excluding hydrogens is 196 g/mol. The summed E-state index contributed by atoms with van der Waals surface area (Å²) in [5, 5.41) is 0. The molecule has 0 bridgehead atoms. The molecule has 3 rings (SSSR count). The van der Waals surface area contributed by atoms with Gasteiger partial charge in [-0.25, -0.2) is 9.97 Å². The van der Waals surface area contributed by atoms with Crippen molar-refractivity contribution in [3.05, 3.63) is 35.7 Å². The molecule has 0 spiro atoms. The van der Waals surface area contributed by atoms with E-state index in [2.05, 4.69) is 19.1 Å². The van der Waals surface area contributed by atoms with E-state index in [0.29, 0.717) is 0 Å². The molecule has 1 heterocycles. The standard InChI is InChI=1S/C14H16N2/c1-2-5-10-8-13-14(9-10)16-12-7-4-3-6-11(12)15-13/h3-4,6-7,10H,2,5,8-9H2,1H3. The molecule has 0 radical (unpaired) electrons. The summed E-state index contributed by atoms with van der Waals surface area (Å²) in [6.07, 6.45) is 4.81. The molecule has 2 heteroatoms. The lowest BCUT2D eigenvalue weighted by atomic mass is 10.0. The van der Waals surface area contributed by atoms with Gasteiger partial charge in [0.15, 0.2) is 0 Å². The van der Waals surface area contributed by atoms with E-state index in [9.17, 15) is 0 Å². The Kier molecular flexibility index (Phi) is 2.35. The van der Waals surface area contributed by atoms with Crippen LogP contribution in [0.4, 0.5) is 0 Å². The summed E-state index contributed by atoms with van der Waals surface area (Å²) >= 11 is 0. The lowest BCUT2D eigenvalue weighted by molar-refractivity contribution is 0.503. The Morgan fingerprint density at radius 3 is 2.12 bits per heavy atom. The van der Waals surface area contributed by atoms with Crippen LogP contribution in [0.5, 0.6) is 0 Å². The van der Waals surface area contributed by atoms with Gasteiger partial charge in [0.25, 0.3) is 0 Å². The second-order valence-electron chi connectivity index (χ2n) is 4.67. The molecule has 1 aliphatic rings. The molecule has 82 valence electrons. The molecule has 0 fully saturated rings. The largest absolute Gasteiger partial charge is 0.249 e. The van der Waals surface area contributed by atoms with E-state index < -0.39 is 0 Å². The van der Waals surface area contributed by atoms with Gasteiger partial charge in [-0.15, -0.1) is 0 Å². The van der Waals surface area contributed by atoms with Gasteiger partial charge < -0.3 is 0 Å². The van der Waals surface area contributed by atoms with Gasteiger partial charge in [0.05, 0.1) is 22.4 Å². The molecule has 1 aliphatic carbocycles. The first kappa shape index (κ1) is 9.76. The first-order valence-electron chi connectivity index (χ1n) is 6.11. The van der Waals surface area contributed by atoms with Gasteiger partial charge in [-0.1, -0.05) is 25.5 Å². The van der Waals surface area contributed by atoms with Crippen LogP contribution in [0.3, 0.4) is 0 Å². The summed E-state index contributed by atoms with van der Waals surface area (Å²) in [7, 11) is 0. The minimum absolute atomic E-state index is 0.775. The van der Waals surface area contributed by atoms with Crippen molar-refractivity contribution in [2.75, 3.05) is 0 Å². The van der Waals surface area contributed by atoms with Crippen molar-refractivity contribution in [3.63, 3.8) is 0 Å². The van der Waals surface area contributed by atoms with Gasteiger partial charge in [0.1, 0.15) is 0 Å². The molecule has 0 atom stereocenters. The third kappa shape index (κ3) is 1.58. The van der Waals surface area contributed by atoms with E-state index in [4.69, 9.17) is 9.97 Å². The van der Waals surface area contributed by atoms with Crippen LogP contribution in [-0.4, -0.2) is 9.97 Å². The molecule has 0 saturated carbocycles. The Bertz CT molecular complexity index is 475. The summed E-state index contributed by atoms with van der Waals surface area (Å²) in [6.45, 7) is 2.25. The molecule has 0 unspecified atom stereocenters. The Morgan fingerprint density at radius 2 is 1.62 bits per heavy atom. The van der Waals surface area contributed by atoms with E-state index in [1.165, 1.54) is 24.2 Å². The summed E-state index contributed by atoms with van der Waals surface area (Å²) in [4.78, 5) is 9.45. The third-order valence-corrected chi connectivity index (χ3v) is 3.39. The van der Waals surface area contributed by atoms with Crippen molar-refractivity contribution in [3.8, 4) is 0 Å². The zero-order valence-electron chi connectivity index (χ0n) is 9.61. The summed E-state index contributed by atoms with van der Waals surface area (Å²) < 4.78 is 0. The van der Waals surface area contributed by atoms with E-state index >= 15 is 0 Å². The monoisotopic (exact) mass is 212 g/mol. The van der Waals surface area contributed by atoms with Gasteiger partial charge in [0.2, 0.25) is 0 Å². The average molecular weight is 212 g/mol. The smallest absolute Gasteiger partial charge is 0.0890 e. The predicted octanol–water partition coefficient (Wildman–Crippen LogP) is 3.14. The number of hydrogen-bond donors (Lipinski definition) is 0. The number of benzene rings is 1. The molecule has 1 aromatic heterocycles. The van der Waals surface area contributed by atoms with Crippen molar-refractivity contribution in [2.24, 2.45) is 5.92 Å². The minimum Gasteiger partial charge on any atom is -0.249 e. The number of fused-ring (bicyclic) bond motifs is 2. The Balaban J connectivity index is 2.01. The highest BCUT2D eigenvalue weighted by Crippen LogP contribution is 2.28. The Hall–Kier alpha value is -1.44. The van der Waals surface area contributed by atoms with Crippen LogP contribution in [0.2, 0.25) is 0 Å². The summed E-state index contributed by atoms with van der Waals surface area (Å²) in [5.41, 5.74) is 4.55. The first-order chi connectivity index (χ1) is 7.86.